The molecule has 1 heterocycles. The Labute approximate surface area is 92.0 Å². The van der Waals surface area contributed by atoms with E-state index in [0.29, 0.717) is 6.07 Å². The van der Waals surface area contributed by atoms with Crippen LogP contribution in [0.3, 0.4) is 0 Å². The standard InChI is InChI=1S/C10H6F3NO2/c1-16-10(15)7-2-4-5(11)3-6(12)8(13)9(4)14-7/h2-3,14H,1H3/i1D3. The third-order valence-electron chi connectivity index (χ3n) is 2.07. The summed E-state index contributed by atoms with van der Waals surface area (Å²) in [7, 11) is -2.99. The molecule has 0 aliphatic heterocycles. The molecule has 0 spiro atoms. The molecule has 0 saturated heterocycles. The molecule has 2 aromatic rings. The van der Waals surface area contributed by atoms with Gasteiger partial charge in [0.05, 0.1) is 16.7 Å². The first kappa shape index (κ1) is 7.32. The Balaban J connectivity index is 2.51. The van der Waals surface area contributed by atoms with Crippen LogP contribution in [0.1, 0.15) is 14.6 Å². The van der Waals surface area contributed by atoms with Gasteiger partial charge in [-0.2, -0.15) is 0 Å². The van der Waals surface area contributed by atoms with E-state index in [1.165, 1.54) is 0 Å². The molecule has 3 nitrogen and oxygen atoms in total. The summed E-state index contributed by atoms with van der Waals surface area (Å²) in [5.41, 5.74) is -1.07. The second-order valence-corrected chi connectivity index (χ2v) is 3.02. The molecule has 84 valence electrons. The number of aromatic nitrogens is 1. The lowest BCUT2D eigenvalue weighted by Gasteiger charge is -1.96. The molecule has 0 atom stereocenters. The van der Waals surface area contributed by atoms with E-state index in [9.17, 15) is 18.0 Å². The molecule has 1 aromatic heterocycles. The van der Waals surface area contributed by atoms with E-state index in [0.717, 1.165) is 6.07 Å². The number of methoxy groups -OCH3 is 1. The number of ether oxygens (including phenoxy) is 1. The summed E-state index contributed by atoms with van der Waals surface area (Å²) in [5.74, 6) is -5.21. The summed E-state index contributed by atoms with van der Waals surface area (Å²) in [6.45, 7) is 0. The SMILES string of the molecule is [2H]C([2H])([2H])OC(=O)c1cc2c(F)cc(F)c(F)c2[nH]1. The summed E-state index contributed by atoms with van der Waals surface area (Å²) in [5, 5.41) is -0.378. The number of rotatable bonds is 1. The molecule has 1 N–H and O–H groups in total. The molecule has 0 amide bonds. The van der Waals surface area contributed by atoms with Crippen LogP contribution >= 0.6 is 0 Å². The second kappa shape index (κ2) is 3.55. The largest absolute Gasteiger partial charge is 0.464 e. The van der Waals surface area contributed by atoms with Crippen LogP contribution in [0.5, 0.6) is 0 Å². The minimum absolute atomic E-state index is 0.324. The normalized spacial score (nSPS) is 14.3. The fourth-order valence-electron chi connectivity index (χ4n) is 1.35. The highest BCUT2D eigenvalue weighted by atomic mass is 19.2. The van der Waals surface area contributed by atoms with Crippen molar-refractivity contribution in [2.45, 2.75) is 0 Å². The number of esters is 1. The molecule has 0 aliphatic carbocycles. The van der Waals surface area contributed by atoms with Gasteiger partial charge in [0.2, 0.25) is 0 Å². The van der Waals surface area contributed by atoms with Gasteiger partial charge < -0.3 is 9.72 Å². The van der Waals surface area contributed by atoms with Gasteiger partial charge in [-0.25, -0.2) is 18.0 Å². The van der Waals surface area contributed by atoms with Crippen molar-refractivity contribution in [2.75, 3.05) is 7.04 Å². The predicted molar refractivity (Wildman–Crippen MR) is 49.5 cm³/mol. The van der Waals surface area contributed by atoms with Gasteiger partial charge in [-0.15, -0.1) is 0 Å². The Kier molecular flexibility index (Phi) is 1.62. The molecule has 0 bridgehead atoms. The van der Waals surface area contributed by atoms with Crippen molar-refractivity contribution >= 4 is 16.9 Å². The lowest BCUT2D eigenvalue weighted by molar-refractivity contribution is 0.0595. The first-order valence-electron chi connectivity index (χ1n) is 5.58. The van der Waals surface area contributed by atoms with Crippen LogP contribution in [-0.4, -0.2) is 18.0 Å². The van der Waals surface area contributed by atoms with Crippen molar-refractivity contribution in [3.05, 3.63) is 35.3 Å². The Morgan fingerprint density at radius 2 is 2.12 bits per heavy atom. The zero-order chi connectivity index (χ0) is 14.4. The van der Waals surface area contributed by atoms with E-state index < -0.39 is 41.7 Å². The summed E-state index contributed by atoms with van der Waals surface area (Å²) >= 11 is 0. The summed E-state index contributed by atoms with van der Waals surface area (Å²) in [4.78, 5) is 13.5. The third kappa shape index (κ3) is 1.42. The van der Waals surface area contributed by atoms with Crippen molar-refractivity contribution in [3.63, 3.8) is 0 Å². The number of halogens is 3. The van der Waals surface area contributed by atoms with Crippen LogP contribution in [-0.2, 0) is 4.74 Å². The number of hydrogen-bond donors (Lipinski definition) is 1. The number of carbonyl (C=O) groups excluding carboxylic acids is 1. The summed E-state index contributed by atoms with van der Waals surface area (Å²) < 4.78 is 63.9. The number of aromatic amines is 1. The van der Waals surface area contributed by atoms with Crippen LogP contribution < -0.4 is 0 Å². The van der Waals surface area contributed by atoms with E-state index in [1.54, 1.807) is 0 Å². The molecule has 16 heavy (non-hydrogen) atoms. The molecule has 2 rings (SSSR count). The van der Waals surface area contributed by atoms with Crippen LogP contribution in [0.2, 0.25) is 0 Å². The highest BCUT2D eigenvalue weighted by molar-refractivity contribution is 5.95. The Morgan fingerprint density at radius 3 is 2.81 bits per heavy atom. The predicted octanol–water partition coefficient (Wildman–Crippen LogP) is 2.37. The van der Waals surface area contributed by atoms with Gasteiger partial charge >= 0.3 is 5.97 Å². The molecule has 0 unspecified atom stereocenters. The zero-order valence-corrected chi connectivity index (χ0v) is 7.61. The van der Waals surface area contributed by atoms with Gasteiger partial charge in [-0.3, -0.25) is 0 Å². The molecule has 0 fully saturated rings. The first-order valence-corrected chi connectivity index (χ1v) is 4.08. The van der Waals surface area contributed by atoms with E-state index in [2.05, 4.69) is 9.72 Å². The topological polar surface area (TPSA) is 42.1 Å². The fourth-order valence-corrected chi connectivity index (χ4v) is 1.35. The number of nitrogens with one attached hydrogen (secondary N) is 1. The highest BCUT2D eigenvalue weighted by Gasteiger charge is 2.18. The summed E-state index contributed by atoms with van der Waals surface area (Å²) in [6.07, 6.45) is 0. The maximum atomic E-state index is 13.4. The van der Waals surface area contributed by atoms with E-state index >= 15 is 0 Å². The fraction of sp³-hybridized carbons (Fsp3) is 0.100. The molecular weight excluding hydrogens is 223 g/mol. The minimum atomic E-state index is -2.99. The van der Waals surface area contributed by atoms with E-state index in [-0.39, 0.29) is 5.39 Å². The van der Waals surface area contributed by atoms with Gasteiger partial charge in [0.25, 0.3) is 0 Å². The lowest BCUT2D eigenvalue weighted by Crippen LogP contribution is -2.00. The molecule has 1 aromatic carbocycles. The van der Waals surface area contributed by atoms with Crippen LogP contribution in [0.25, 0.3) is 10.9 Å². The highest BCUT2D eigenvalue weighted by Crippen LogP contribution is 2.24. The number of H-pyrrole nitrogens is 1. The molecule has 0 radical (unpaired) electrons. The second-order valence-electron chi connectivity index (χ2n) is 3.02. The van der Waals surface area contributed by atoms with Crippen molar-refractivity contribution in [1.29, 1.82) is 0 Å². The lowest BCUT2D eigenvalue weighted by atomic mass is 10.2. The van der Waals surface area contributed by atoms with Gasteiger partial charge in [-0.1, -0.05) is 0 Å². The number of fused-ring (bicyclic) bond motifs is 1. The molecule has 0 aliphatic rings. The van der Waals surface area contributed by atoms with Gasteiger partial charge in [0.1, 0.15) is 11.5 Å². The summed E-state index contributed by atoms with van der Waals surface area (Å²) in [6, 6.07) is 1.17. The number of benzene rings is 1. The monoisotopic (exact) mass is 232 g/mol. The van der Waals surface area contributed by atoms with Crippen molar-refractivity contribution < 1.29 is 26.8 Å². The average Bonchev–Trinajstić information content (AvgIpc) is 2.69. The Morgan fingerprint density at radius 1 is 1.38 bits per heavy atom. The minimum Gasteiger partial charge on any atom is -0.464 e. The van der Waals surface area contributed by atoms with Gasteiger partial charge in [0, 0.05) is 11.5 Å². The maximum absolute atomic E-state index is 13.4. The first-order chi connectivity index (χ1) is 8.69. The van der Waals surface area contributed by atoms with Crippen molar-refractivity contribution in [2.24, 2.45) is 0 Å². The van der Waals surface area contributed by atoms with Crippen LogP contribution in [0.4, 0.5) is 13.2 Å². The van der Waals surface area contributed by atoms with Gasteiger partial charge in [0.15, 0.2) is 11.6 Å². The number of carbonyl (C=O) groups is 1. The average molecular weight is 232 g/mol. The van der Waals surface area contributed by atoms with Crippen LogP contribution in [0, 0.1) is 17.5 Å². The molecule has 6 heteroatoms. The van der Waals surface area contributed by atoms with E-state index in [4.69, 9.17) is 4.11 Å². The quantitative estimate of drug-likeness (QED) is 0.605. The van der Waals surface area contributed by atoms with Crippen molar-refractivity contribution in [1.82, 2.24) is 4.98 Å². The van der Waals surface area contributed by atoms with E-state index in [1.807, 2.05) is 0 Å². The number of hydrogen-bond acceptors (Lipinski definition) is 2. The van der Waals surface area contributed by atoms with Crippen molar-refractivity contribution in [3.8, 4) is 0 Å². The Hall–Kier alpha value is -1.98. The van der Waals surface area contributed by atoms with Gasteiger partial charge in [-0.05, 0) is 6.07 Å². The zero-order valence-electron chi connectivity index (χ0n) is 10.6. The maximum Gasteiger partial charge on any atom is 0.354 e. The molecular formula is C10H6F3NO2. The molecule has 0 saturated carbocycles. The Bertz CT molecular complexity index is 666. The third-order valence-corrected chi connectivity index (χ3v) is 2.07. The van der Waals surface area contributed by atoms with Crippen LogP contribution in [0.15, 0.2) is 12.1 Å². The smallest absolute Gasteiger partial charge is 0.354 e.